The quantitative estimate of drug-likeness (QED) is 0.685. The predicted molar refractivity (Wildman–Crippen MR) is 125 cm³/mol. The topological polar surface area (TPSA) is 71.1 Å². The van der Waals surface area contributed by atoms with Crippen LogP contribution in [-0.2, 0) is 16.1 Å². The first-order valence-electron chi connectivity index (χ1n) is 11.0. The van der Waals surface area contributed by atoms with Gasteiger partial charge in [0, 0.05) is 32.4 Å². The van der Waals surface area contributed by atoms with Gasteiger partial charge in [0.25, 0.3) is 5.91 Å². The van der Waals surface area contributed by atoms with E-state index in [2.05, 4.69) is 22.3 Å². The molecule has 7 heteroatoms. The normalized spacial score (nSPS) is 14.7. The van der Waals surface area contributed by atoms with Crippen LogP contribution in [0.4, 0.5) is 5.69 Å². The van der Waals surface area contributed by atoms with Crippen LogP contribution in [0.15, 0.2) is 48.5 Å². The highest BCUT2D eigenvalue weighted by molar-refractivity contribution is 5.99. The van der Waals surface area contributed by atoms with Gasteiger partial charge in [-0.15, -0.1) is 0 Å². The Kier molecular flexibility index (Phi) is 8.11. The Morgan fingerprint density at radius 2 is 1.75 bits per heavy atom. The molecule has 0 bridgehead atoms. The molecule has 2 aromatic rings. The van der Waals surface area contributed by atoms with Crippen LogP contribution in [0.1, 0.15) is 29.8 Å². The maximum atomic E-state index is 13.2. The minimum absolute atomic E-state index is 0.0627. The van der Waals surface area contributed by atoms with Gasteiger partial charge in [0.2, 0.25) is 5.91 Å². The van der Waals surface area contributed by atoms with Crippen molar-refractivity contribution in [3.63, 3.8) is 0 Å². The largest absolute Gasteiger partial charge is 0.496 e. The van der Waals surface area contributed by atoms with Crippen LogP contribution < -0.4 is 15.0 Å². The number of hydrogen-bond acceptors (Lipinski definition) is 5. The van der Waals surface area contributed by atoms with Gasteiger partial charge >= 0.3 is 0 Å². The summed E-state index contributed by atoms with van der Waals surface area (Å²) >= 11 is 0. The fourth-order valence-electron chi connectivity index (χ4n) is 3.79. The number of nitrogens with zero attached hydrogens (tertiary/aromatic N) is 2. The number of ether oxygens (including phenoxy) is 2. The number of carbonyl (C=O) groups is 2. The van der Waals surface area contributed by atoms with Gasteiger partial charge in [0.1, 0.15) is 11.8 Å². The number of carbonyl (C=O) groups excluding carboxylic acids is 2. The molecule has 1 aliphatic rings. The van der Waals surface area contributed by atoms with Crippen molar-refractivity contribution in [1.82, 2.24) is 10.2 Å². The second-order valence-electron chi connectivity index (χ2n) is 8.36. The van der Waals surface area contributed by atoms with E-state index in [4.69, 9.17) is 9.47 Å². The zero-order valence-electron chi connectivity index (χ0n) is 19.3. The minimum atomic E-state index is -0.634. The number of morpholine rings is 1. The van der Waals surface area contributed by atoms with Crippen LogP contribution in [0.5, 0.6) is 5.75 Å². The molecule has 32 heavy (non-hydrogen) atoms. The van der Waals surface area contributed by atoms with Crippen molar-refractivity contribution in [2.24, 2.45) is 5.92 Å². The number of anilines is 1. The molecule has 0 radical (unpaired) electrons. The van der Waals surface area contributed by atoms with E-state index in [1.165, 1.54) is 7.11 Å². The molecule has 2 amide bonds. The van der Waals surface area contributed by atoms with Crippen molar-refractivity contribution >= 4 is 17.5 Å². The summed E-state index contributed by atoms with van der Waals surface area (Å²) in [6.45, 7) is 7.59. The van der Waals surface area contributed by atoms with Crippen LogP contribution in [-0.4, -0.2) is 63.2 Å². The number of benzene rings is 2. The third-order valence-electron chi connectivity index (χ3n) is 5.68. The predicted octanol–water partition coefficient (Wildman–Crippen LogP) is 2.94. The molecular formula is C25H33N3O4. The van der Waals surface area contributed by atoms with Crippen molar-refractivity contribution in [1.29, 1.82) is 0 Å². The van der Waals surface area contributed by atoms with Crippen molar-refractivity contribution in [2.45, 2.75) is 26.4 Å². The van der Waals surface area contributed by atoms with Crippen molar-refractivity contribution < 1.29 is 19.1 Å². The molecule has 0 aliphatic carbocycles. The molecular weight excluding hydrogens is 406 g/mol. The highest BCUT2D eigenvalue weighted by atomic mass is 16.5. The summed E-state index contributed by atoms with van der Waals surface area (Å²) in [5.41, 5.74) is 2.61. The maximum Gasteiger partial charge on any atom is 0.255 e. The molecule has 1 N–H and O–H groups in total. The molecule has 1 heterocycles. The third-order valence-corrected chi connectivity index (χ3v) is 5.68. The Balaban J connectivity index is 1.64. The summed E-state index contributed by atoms with van der Waals surface area (Å²) < 4.78 is 10.7. The molecule has 0 unspecified atom stereocenters. The van der Waals surface area contributed by atoms with E-state index < -0.39 is 6.04 Å². The van der Waals surface area contributed by atoms with Crippen molar-refractivity contribution in [3.8, 4) is 5.75 Å². The fourth-order valence-corrected chi connectivity index (χ4v) is 3.79. The van der Waals surface area contributed by atoms with Crippen molar-refractivity contribution in [3.05, 3.63) is 59.7 Å². The van der Waals surface area contributed by atoms with E-state index in [0.29, 0.717) is 17.9 Å². The number of para-hydroxylation sites is 1. The van der Waals surface area contributed by atoms with Crippen LogP contribution in [0.25, 0.3) is 0 Å². The Morgan fingerprint density at radius 3 is 2.38 bits per heavy atom. The van der Waals surface area contributed by atoms with Gasteiger partial charge in [-0.05, 0) is 35.7 Å². The maximum absolute atomic E-state index is 13.2. The number of methoxy groups -OCH3 is 1. The average molecular weight is 440 g/mol. The lowest BCUT2D eigenvalue weighted by atomic mass is 10.0. The lowest BCUT2D eigenvalue weighted by Gasteiger charge is -2.29. The van der Waals surface area contributed by atoms with Crippen LogP contribution in [0.3, 0.4) is 0 Å². The summed E-state index contributed by atoms with van der Waals surface area (Å²) in [7, 11) is 3.29. The van der Waals surface area contributed by atoms with E-state index in [0.717, 1.165) is 37.6 Å². The first-order valence-corrected chi connectivity index (χ1v) is 11.0. The van der Waals surface area contributed by atoms with E-state index in [9.17, 15) is 9.59 Å². The molecule has 0 saturated carbocycles. The molecule has 1 saturated heterocycles. The number of nitrogens with one attached hydrogen (secondary N) is 1. The summed E-state index contributed by atoms with van der Waals surface area (Å²) in [5, 5.41) is 2.90. The summed E-state index contributed by atoms with van der Waals surface area (Å²) in [6, 6.07) is 14.6. The van der Waals surface area contributed by atoms with Gasteiger partial charge in [0.05, 0.1) is 25.9 Å². The Bertz CT molecular complexity index is 908. The Morgan fingerprint density at radius 1 is 1.09 bits per heavy atom. The summed E-state index contributed by atoms with van der Waals surface area (Å²) in [4.78, 5) is 30.0. The second-order valence-corrected chi connectivity index (χ2v) is 8.36. The van der Waals surface area contributed by atoms with Gasteiger partial charge in [-0.25, -0.2) is 0 Å². The zero-order chi connectivity index (χ0) is 23.1. The van der Waals surface area contributed by atoms with E-state index in [-0.39, 0.29) is 17.7 Å². The monoisotopic (exact) mass is 439 g/mol. The molecule has 1 fully saturated rings. The van der Waals surface area contributed by atoms with Crippen LogP contribution in [0, 0.1) is 5.92 Å². The van der Waals surface area contributed by atoms with Gasteiger partial charge in [-0.2, -0.15) is 0 Å². The van der Waals surface area contributed by atoms with Crippen LogP contribution >= 0.6 is 0 Å². The van der Waals surface area contributed by atoms with Crippen molar-refractivity contribution in [2.75, 3.05) is 45.4 Å². The molecule has 1 atom stereocenters. The van der Waals surface area contributed by atoms with E-state index >= 15 is 0 Å². The first kappa shape index (κ1) is 23.6. The molecule has 1 aliphatic heterocycles. The molecule has 172 valence electrons. The highest BCUT2D eigenvalue weighted by Crippen LogP contribution is 2.20. The molecule has 0 spiro atoms. The zero-order valence-corrected chi connectivity index (χ0v) is 19.3. The smallest absolute Gasteiger partial charge is 0.255 e. The number of rotatable bonds is 8. The average Bonchev–Trinajstić information content (AvgIpc) is 2.82. The highest BCUT2D eigenvalue weighted by Gasteiger charge is 2.28. The molecule has 2 aromatic carbocycles. The molecule has 3 rings (SSSR count). The van der Waals surface area contributed by atoms with Gasteiger partial charge in [-0.1, -0.05) is 38.1 Å². The van der Waals surface area contributed by atoms with E-state index in [1.807, 2.05) is 26.0 Å². The summed E-state index contributed by atoms with van der Waals surface area (Å²) in [5.74, 6) is -0.0285. The van der Waals surface area contributed by atoms with Crippen LogP contribution in [0.2, 0.25) is 0 Å². The fraction of sp³-hybridized carbons (Fsp3) is 0.440. The second kappa shape index (κ2) is 11.0. The third kappa shape index (κ3) is 5.79. The Hall–Kier alpha value is -3.06. The first-order chi connectivity index (χ1) is 15.4. The van der Waals surface area contributed by atoms with Gasteiger partial charge in [-0.3, -0.25) is 9.59 Å². The lowest BCUT2D eigenvalue weighted by Crippen LogP contribution is -2.50. The number of likely N-dealkylation sites (N-methyl/N-ethyl adjacent to an activating group) is 1. The number of hydrogen-bond donors (Lipinski definition) is 1. The lowest BCUT2D eigenvalue weighted by molar-refractivity contribution is -0.133. The Labute approximate surface area is 190 Å². The van der Waals surface area contributed by atoms with Gasteiger partial charge < -0.3 is 24.6 Å². The minimum Gasteiger partial charge on any atom is -0.496 e. The molecule has 7 nitrogen and oxygen atoms in total. The summed E-state index contributed by atoms with van der Waals surface area (Å²) in [6.07, 6.45) is 0. The van der Waals surface area contributed by atoms with E-state index in [1.54, 1.807) is 36.2 Å². The molecule has 0 aromatic heterocycles. The SMILES string of the molecule is COc1ccccc1C(=O)N[C@H](C(=O)N(C)Cc1ccc(N2CCOCC2)cc1)C(C)C. The standard InChI is InChI=1S/C25H33N3O4/c1-18(2)23(26-24(29)21-7-5-6-8-22(21)31-4)25(30)27(3)17-19-9-11-20(12-10-19)28-13-15-32-16-14-28/h5-12,18,23H,13-17H2,1-4H3,(H,26,29)/t23-/m0/s1. The van der Waals surface area contributed by atoms with Gasteiger partial charge in [0.15, 0.2) is 0 Å². The number of amides is 2.